The molecule has 3 rings (SSSR count). The van der Waals surface area contributed by atoms with E-state index in [0.717, 1.165) is 43.2 Å². The minimum Gasteiger partial charge on any atom is -0.399 e. The van der Waals surface area contributed by atoms with Crippen LogP contribution in [-0.2, 0) is 0 Å². The number of aryl methyl sites for hydroxylation is 1. The summed E-state index contributed by atoms with van der Waals surface area (Å²) in [7, 11) is 0. The Morgan fingerprint density at radius 2 is 1.79 bits per heavy atom. The molecule has 0 atom stereocenters. The van der Waals surface area contributed by atoms with Crippen molar-refractivity contribution in [3.05, 3.63) is 53.6 Å². The Morgan fingerprint density at radius 3 is 2.46 bits per heavy atom. The molecule has 0 unspecified atom stereocenters. The van der Waals surface area contributed by atoms with E-state index < -0.39 is 0 Å². The molecule has 1 fully saturated rings. The van der Waals surface area contributed by atoms with Crippen LogP contribution in [0.4, 0.5) is 17.1 Å². The summed E-state index contributed by atoms with van der Waals surface area (Å²) in [5, 5.41) is 2.98. The number of amides is 1. The second-order valence-electron chi connectivity index (χ2n) is 6.77. The number of benzene rings is 2. The van der Waals surface area contributed by atoms with Gasteiger partial charge < -0.3 is 16.0 Å². The highest BCUT2D eigenvalue weighted by Crippen LogP contribution is 2.28. The highest BCUT2D eigenvalue weighted by molar-refractivity contribution is 6.08. The maximum Gasteiger partial charge on any atom is 0.257 e. The summed E-state index contributed by atoms with van der Waals surface area (Å²) in [6, 6.07) is 13.4. The zero-order valence-corrected chi connectivity index (χ0v) is 14.4. The lowest BCUT2D eigenvalue weighted by atomic mass is 9.98. The molecule has 2 aromatic carbocycles. The third kappa shape index (κ3) is 3.70. The van der Waals surface area contributed by atoms with Crippen LogP contribution in [0, 0.1) is 12.8 Å². The number of piperidine rings is 1. The Balaban J connectivity index is 1.84. The number of nitrogens with zero attached hydrogens (tertiary/aromatic N) is 1. The van der Waals surface area contributed by atoms with E-state index in [1.165, 1.54) is 5.56 Å². The average Bonchev–Trinajstić information content (AvgIpc) is 2.58. The zero-order valence-electron chi connectivity index (χ0n) is 14.4. The second-order valence-corrected chi connectivity index (χ2v) is 6.77. The molecule has 1 aliphatic heterocycles. The normalized spacial score (nSPS) is 15.3. The Kier molecular flexibility index (Phi) is 4.74. The molecule has 0 bridgehead atoms. The third-order valence-electron chi connectivity index (χ3n) is 4.70. The van der Waals surface area contributed by atoms with E-state index in [-0.39, 0.29) is 5.91 Å². The first-order valence-electron chi connectivity index (χ1n) is 8.55. The molecule has 1 aliphatic rings. The van der Waals surface area contributed by atoms with Crippen LogP contribution in [0.25, 0.3) is 0 Å². The predicted octanol–water partition coefficient (Wildman–Crippen LogP) is 4.07. The quantitative estimate of drug-likeness (QED) is 0.837. The van der Waals surface area contributed by atoms with E-state index in [2.05, 4.69) is 17.1 Å². The number of hydrogen-bond donors (Lipinski definition) is 2. The van der Waals surface area contributed by atoms with Crippen molar-refractivity contribution in [3.8, 4) is 0 Å². The van der Waals surface area contributed by atoms with Crippen molar-refractivity contribution in [2.24, 2.45) is 5.92 Å². The van der Waals surface area contributed by atoms with Crippen LogP contribution in [0.5, 0.6) is 0 Å². The number of nitrogens with two attached hydrogens (primary N) is 1. The topological polar surface area (TPSA) is 58.4 Å². The van der Waals surface area contributed by atoms with Gasteiger partial charge in [-0.05, 0) is 56.0 Å². The SMILES string of the molecule is Cc1ccc(NC(=O)c2cc(N)ccc2N2CCC(C)CC2)cc1. The Labute approximate surface area is 143 Å². The maximum absolute atomic E-state index is 12.8. The summed E-state index contributed by atoms with van der Waals surface area (Å²) in [5.74, 6) is 0.639. The molecule has 4 heteroatoms. The summed E-state index contributed by atoms with van der Waals surface area (Å²) < 4.78 is 0. The van der Waals surface area contributed by atoms with Crippen molar-refractivity contribution >= 4 is 23.0 Å². The van der Waals surface area contributed by atoms with Crippen LogP contribution in [0.2, 0.25) is 0 Å². The minimum absolute atomic E-state index is 0.111. The largest absolute Gasteiger partial charge is 0.399 e. The second kappa shape index (κ2) is 6.95. The molecule has 0 radical (unpaired) electrons. The fourth-order valence-corrected chi connectivity index (χ4v) is 3.10. The van der Waals surface area contributed by atoms with Gasteiger partial charge in [0.25, 0.3) is 5.91 Å². The first-order valence-corrected chi connectivity index (χ1v) is 8.55. The summed E-state index contributed by atoms with van der Waals surface area (Å²) >= 11 is 0. The van der Waals surface area contributed by atoms with Gasteiger partial charge in [0.15, 0.2) is 0 Å². The predicted molar refractivity (Wildman–Crippen MR) is 101 cm³/mol. The van der Waals surface area contributed by atoms with Crippen LogP contribution in [0.15, 0.2) is 42.5 Å². The standard InChI is InChI=1S/C20H25N3O/c1-14-3-6-17(7-4-14)22-20(24)18-13-16(21)5-8-19(18)23-11-9-15(2)10-12-23/h3-8,13,15H,9-12,21H2,1-2H3,(H,22,24). The van der Waals surface area contributed by atoms with Gasteiger partial charge in [0.05, 0.1) is 5.56 Å². The zero-order chi connectivity index (χ0) is 17.1. The van der Waals surface area contributed by atoms with Gasteiger partial charge in [-0.1, -0.05) is 24.6 Å². The van der Waals surface area contributed by atoms with Crippen molar-refractivity contribution in [2.75, 3.05) is 29.0 Å². The van der Waals surface area contributed by atoms with Gasteiger partial charge in [0.2, 0.25) is 0 Å². The van der Waals surface area contributed by atoms with Gasteiger partial charge in [-0.15, -0.1) is 0 Å². The number of carbonyl (C=O) groups excluding carboxylic acids is 1. The monoisotopic (exact) mass is 323 g/mol. The van der Waals surface area contributed by atoms with Gasteiger partial charge in [0.1, 0.15) is 0 Å². The molecule has 1 amide bonds. The molecular formula is C20H25N3O. The molecule has 0 aromatic heterocycles. The Hall–Kier alpha value is -2.49. The minimum atomic E-state index is -0.111. The maximum atomic E-state index is 12.8. The van der Waals surface area contributed by atoms with Crippen molar-refractivity contribution < 1.29 is 4.79 Å². The highest BCUT2D eigenvalue weighted by atomic mass is 16.1. The number of carbonyl (C=O) groups is 1. The number of nitrogens with one attached hydrogen (secondary N) is 1. The van der Waals surface area contributed by atoms with E-state index in [4.69, 9.17) is 5.73 Å². The van der Waals surface area contributed by atoms with E-state index in [1.54, 1.807) is 6.07 Å². The lowest BCUT2D eigenvalue weighted by Crippen LogP contribution is -2.34. The average molecular weight is 323 g/mol. The van der Waals surface area contributed by atoms with Gasteiger partial charge in [-0.25, -0.2) is 0 Å². The van der Waals surface area contributed by atoms with E-state index in [0.29, 0.717) is 11.3 Å². The summed E-state index contributed by atoms with van der Waals surface area (Å²) in [5.41, 5.74) is 10.1. The smallest absolute Gasteiger partial charge is 0.257 e. The van der Waals surface area contributed by atoms with Crippen molar-refractivity contribution in [1.29, 1.82) is 0 Å². The Morgan fingerprint density at radius 1 is 1.12 bits per heavy atom. The molecule has 0 aliphatic carbocycles. The van der Waals surface area contributed by atoms with Gasteiger partial charge in [0, 0.05) is 30.2 Å². The molecule has 3 N–H and O–H groups in total. The fourth-order valence-electron chi connectivity index (χ4n) is 3.10. The van der Waals surface area contributed by atoms with Crippen molar-refractivity contribution in [3.63, 3.8) is 0 Å². The van der Waals surface area contributed by atoms with E-state index in [1.807, 2.05) is 43.3 Å². The fraction of sp³-hybridized carbons (Fsp3) is 0.350. The lowest BCUT2D eigenvalue weighted by Gasteiger charge is -2.33. The highest BCUT2D eigenvalue weighted by Gasteiger charge is 2.21. The number of rotatable bonds is 3. The molecule has 24 heavy (non-hydrogen) atoms. The molecule has 126 valence electrons. The van der Waals surface area contributed by atoms with Gasteiger partial charge in [-0.2, -0.15) is 0 Å². The molecule has 1 saturated heterocycles. The molecule has 1 heterocycles. The molecule has 2 aromatic rings. The molecular weight excluding hydrogens is 298 g/mol. The number of hydrogen-bond acceptors (Lipinski definition) is 3. The van der Waals surface area contributed by atoms with E-state index in [9.17, 15) is 4.79 Å². The summed E-state index contributed by atoms with van der Waals surface area (Å²) in [6.45, 7) is 6.27. The third-order valence-corrected chi connectivity index (χ3v) is 4.70. The van der Waals surface area contributed by atoms with Crippen LogP contribution < -0.4 is 16.0 Å². The van der Waals surface area contributed by atoms with Crippen LogP contribution >= 0.6 is 0 Å². The van der Waals surface area contributed by atoms with E-state index >= 15 is 0 Å². The molecule has 4 nitrogen and oxygen atoms in total. The van der Waals surface area contributed by atoms with Crippen LogP contribution in [0.3, 0.4) is 0 Å². The number of nitrogen functional groups attached to an aromatic ring is 1. The van der Waals surface area contributed by atoms with Gasteiger partial charge >= 0.3 is 0 Å². The van der Waals surface area contributed by atoms with Crippen LogP contribution in [0.1, 0.15) is 35.7 Å². The van der Waals surface area contributed by atoms with Crippen molar-refractivity contribution in [2.45, 2.75) is 26.7 Å². The van der Waals surface area contributed by atoms with Gasteiger partial charge in [-0.3, -0.25) is 4.79 Å². The summed E-state index contributed by atoms with van der Waals surface area (Å²) in [6.07, 6.45) is 2.31. The molecule has 0 spiro atoms. The Bertz CT molecular complexity index is 716. The lowest BCUT2D eigenvalue weighted by molar-refractivity contribution is 0.102. The van der Waals surface area contributed by atoms with Crippen LogP contribution in [-0.4, -0.2) is 19.0 Å². The first-order chi connectivity index (χ1) is 11.5. The summed E-state index contributed by atoms with van der Waals surface area (Å²) in [4.78, 5) is 15.1. The van der Waals surface area contributed by atoms with Crippen molar-refractivity contribution in [1.82, 2.24) is 0 Å². The molecule has 0 saturated carbocycles. The first kappa shape index (κ1) is 16.4. The number of anilines is 3.